The minimum Gasteiger partial charge on any atom is -0.384 e. The molecule has 0 aliphatic carbocycles. The van der Waals surface area contributed by atoms with Crippen LogP contribution in [-0.2, 0) is 0 Å². The largest absolute Gasteiger partial charge is 0.384 e. The number of nitrogen functional groups attached to an aromatic ring is 1. The van der Waals surface area contributed by atoms with Crippen LogP contribution in [0.2, 0.25) is 0 Å². The monoisotopic (exact) mass is 198 g/mol. The number of hydrogen-bond acceptors (Lipinski definition) is 2. The molecular formula is C13H14N2. The Morgan fingerprint density at radius 1 is 1.13 bits per heavy atom. The predicted molar refractivity (Wildman–Crippen MR) is 63.6 cm³/mol. The van der Waals surface area contributed by atoms with Crippen molar-refractivity contribution in [3.63, 3.8) is 0 Å². The molecule has 0 fully saturated rings. The fourth-order valence-electron chi connectivity index (χ4n) is 1.68. The molecule has 0 aliphatic rings. The van der Waals surface area contributed by atoms with Crippen LogP contribution >= 0.6 is 0 Å². The van der Waals surface area contributed by atoms with E-state index in [9.17, 15) is 0 Å². The van der Waals surface area contributed by atoms with Gasteiger partial charge in [0, 0.05) is 6.20 Å². The maximum Gasteiger partial charge on any atom is 0.123 e. The Balaban J connectivity index is 2.59. The van der Waals surface area contributed by atoms with Gasteiger partial charge in [-0.1, -0.05) is 18.2 Å². The fourth-order valence-corrected chi connectivity index (χ4v) is 1.68. The molecule has 0 unspecified atom stereocenters. The second-order valence-electron chi connectivity index (χ2n) is 3.72. The van der Waals surface area contributed by atoms with E-state index in [1.165, 1.54) is 16.7 Å². The van der Waals surface area contributed by atoms with Crippen molar-refractivity contribution >= 4 is 5.82 Å². The molecular weight excluding hydrogens is 184 g/mol. The normalized spacial score (nSPS) is 10.3. The number of rotatable bonds is 1. The van der Waals surface area contributed by atoms with E-state index in [2.05, 4.69) is 37.0 Å². The highest BCUT2D eigenvalue weighted by atomic mass is 14.8. The summed E-state index contributed by atoms with van der Waals surface area (Å²) in [7, 11) is 0. The quantitative estimate of drug-likeness (QED) is 0.765. The molecule has 2 nitrogen and oxygen atoms in total. The molecule has 0 bridgehead atoms. The Morgan fingerprint density at radius 3 is 2.67 bits per heavy atom. The summed E-state index contributed by atoms with van der Waals surface area (Å²) >= 11 is 0. The van der Waals surface area contributed by atoms with Crippen molar-refractivity contribution in [1.82, 2.24) is 4.98 Å². The Morgan fingerprint density at radius 2 is 1.93 bits per heavy atom. The van der Waals surface area contributed by atoms with E-state index >= 15 is 0 Å². The van der Waals surface area contributed by atoms with Gasteiger partial charge in [-0.2, -0.15) is 0 Å². The molecule has 0 aliphatic heterocycles. The smallest absolute Gasteiger partial charge is 0.123 e. The van der Waals surface area contributed by atoms with Gasteiger partial charge in [0.2, 0.25) is 0 Å². The highest BCUT2D eigenvalue weighted by Crippen LogP contribution is 2.25. The first-order chi connectivity index (χ1) is 7.18. The van der Waals surface area contributed by atoms with Crippen LogP contribution in [0.5, 0.6) is 0 Å². The van der Waals surface area contributed by atoms with E-state index in [0.29, 0.717) is 5.82 Å². The van der Waals surface area contributed by atoms with Gasteiger partial charge in [0.05, 0.1) is 0 Å². The molecule has 2 aromatic rings. The van der Waals surface area contributed by atoms with E-state index in [4.69, 9.17) is 5.73 Å². The molecule has 0 amide bonds. The van der Waals surface area contributed by atoms with Crippen molar-refractivity contribution in [2.75, 3.05) is 5.73 Å². The van der Waals surface area contributed by atoms with E-state index in [1.54, 1.807) is 6.20 Å². The molecule has 0 atom stereocenters. The van der Waals surface area contributed by atoms with Crippen LogP contribution in [0.4, 0.5) is 5.82 Å². The third-order valence-corrected chi connectivity index (χ3v) is 2.70. The second kappa shape index (κ2) is 3.73. The number of aryl methyl sites for hydroxylation is 1. The molecule has 1 aromatic carbocycles. The minimum atomic E-state index is 0.563. The number of aromatic nitrogens is 1. The van der Waals surface area contributed by atoms with Crippen molar-refractivity contribution in [3.8, 4) is 11.1 Å². The van der Waals surface area contributed by atoms with Crippen molar-refractivity contribution in [2.45, 2.75) is 13.8 Å². The van der Waals surface area contributed by atoms with Crippen LogP contribution < -0.4 is 5.73 Å². The number of nitrogens with zero attached hydrogens (tertiary/aromatic N) is 1. The Kier molecular flexibility index (Phi) is 2.42. The maximum atomic E-state index is 5.67. The zero-order chi connectivity index (χ0) is 10.8. The van der Waals surface area contributed by atoms with Gasteiger partial charge in [0.15, 0.2) is 0 Å². The molecule has 2 rings (SSSR count). The number of nitrogens with two attached hydrogens (primary N) is 1. The van der Waals surface area contributed by atoms with Crippen LogP contribution in [0.25, 0.3) is 11.1 Å². The third-order valence-electron chi connectivity index (χ3n) is 2.70. The van der Waals surface area contributed by atoms with E-state index in [1.807, 2.05) is 12.1 Å². The van der Waals surface area contributed by atoms with Crippen molar-refractivity contribution in [1.29, 1.82) is 0 Å². The standard InChI is InChI=1S/C13H14N2/c1-9-4-3-5-12(10(9)2)11-6-7-15-13(14)8-11/h3-8H,1-2H3,(H2,14,15). The lowest BCUT2D eigenvalue weighted by Gasteiger charge is -2.08. The zero-order valence-corrected chi connectivity index (χ0v) is 8.99. The van der Waals surface area contributed by atoms with Gasteiger partial charge in [0.25, 0.3) is 0 Å². The van der Waals surface area contributed by atoms with Gasteiger partial charge in [-0.15, -0.1) is 0 Å². The molecule has 0 spiro atoms. The lowest BCUT2D eigenvalue weighted by Crippen LogP contribution is -1.91. The summed E-state index contributed by atoms with van der Waals surface area (Å²) in [4.78, 5) is 4.00. The van der Waals surface area contributed by atoms with Gasteiger partial charge in [-0.25, -0.2) is 4.98 Å². The number of pyridine rings is 1. The van der Waals surface area contributed by atoms with Crippen LogP contribution in [0, 0.1) is 13.8 Å². The summed E-state index contributed by atoms with van der Waals surface area (Å²) in [6.07, 6.45) is 1.74. The summed E-state index contributed by atoms with van der Waals surface area (Å²) in [5, 5.41) is 0. The van der Waals surface area contributed by atoms with E-state index < -0.39 is 0 Å². The Labute approximate surface area is 89.8 Å². The topological polar surface area (TPSA) is 38.9 Å². The van der Waals surface area contributed by atoms with Gasteiger partial charge in [0.1, 0.15) is 5.82 Å². The summed E-state index contributed by atoms with van der Waals surface area (Å²) in [5.74, 6) is 0.563. The summed E-state index contributed by atoms with van der Waals surface area (Å²) in [5.41, 5.74) is 10.6. The third kappa shape index (κ3) is 1.84. The molecule has 1 aromatic heterocycles. The van der Waals surface area contributed by atoms with Gasteiger partial charge >= 0.3 is 0 Å². The van der Waals surface area contributed by atoms with E-state index in [0.717, 1.165) is 5.56 Å². The first-order valence-electron chi connectivity index (χ1n) is 4.96. The Hall–Kier alpha value is -1.83. The average molecular weight is 198 g/mol. The minimum absolute atomic E-state index is 0.563. The SMILES string of the molecule is Cc1cccc(-c2ccnc(N)c2)c1C. The number of hydrogen-bond donors (Lipinski definition) is 1. The lowest BCUT2D eigenvalue weighted by molar-refractivity contribution is 1.31. The highest BCUT2D eigenvalue weighted by Gasteiger charge is 2.03. The van der Waals surface area contributed by atoms with Gasteiger partial charge in [-0.3, -0.25) is 0 Å². The van der Waals surface area contributed by atoms with Crippen LogP contribution in [0.1, 0.15) is 11.1 Å². The molecule has 2 N–H and O–H groups in total. The first kappa shape index (κ1) is 9.71. The van der Waals surface area contributed by atoms with Crippen LogP contribution in [0.3, 0.4) is 0 Å². The first-order valence-corrected chi connectivity index (χ1v) is 4.96. The second-order valence-corrected chi connectivity index (χ2v) is 3.72. The van der Waals surface area contributed by atoms with Crippen LogP contribution in [-0.4, -0.2) is 4.98 Å². The molecule has 0 saturated heterocycles. The summed E-state index contributed by atoms with van der Waals surface area (Å²) in [6, 6.07) is 10.2. The lowest BCUT2D eigenvalue weighted by atomic mass is 9.98. The zero-order valence-electron chi connectivity index (χ0n) is 8.99. The van der Waals surface area contributed by atoms with Gasteiger partial charge < -0.3 is 5.73 Å². The van der Waals surface area contributed by atoms with Crippen molar-refractivity contribution in [2.24, 2.45) is 0 Å². The van der Waals surface area contributed by atoms with E-state index in [-0.39, 0.29) is 0 Å². The number of benzene rings is 1. The average Bonchev–Trinajstić information content (AvgIpc) is 2.22. The fraction of sp³-hybridized carbons (Fsp3) is 0.154. The molecule has 0 radical (unpaired) electrons. The molecule has 2 heteroatoms. The van der Waals surface area contributed by atoms with Crippen molar-refractivity contribution in [3.05, 3.63) is 47.7 Å². The Bertz CT molecular complexity index is 490. The summed E-state index contributed by atoms with van der Waals surface area (Å²) < 4.78 is 0. The van der Waals surface area contributed by atoms with Crippen molar-refractivity contribution < 1.29 is 0 Å². The maximum absolute atomic E-state index is 5.67. The molecule has 76 valence electrons. The van der Waals surface area contributed by atoms with Crippen LogP contribution in [0.15, 0.2) is 36.5 Å². The molecule has 1 heterocycles. The molecule has 15 heavy (non-hydrogen) atoms. The highest BCUT2D eigenvalue weighted by molar-refractivity contribution is 5.69. The summed E-state index contributed by atoms with van der Waals surface area (Å²) in [6.45, 7) is 4.24. The predicted octanol–water partition coefficient (Wildman–Crippen LogP) is 2.95. The molecule has 0 saturated carbocycles. The van der Waals surface area contributed by atoms with Gasteiger partial charge in [-0.05, 0) is 48.2 Å². The number of anilines is 1.